The van der Waals surface area contributed by atoms with E-state index >= 15 is 0 Å². The third-order valence-electron chi connectivity index (χ3n) is 5.34. The van der Waals surface area contributed by atoms with Crippen molar-refractivity contribution in [2.75, 3.05) is 6.54 Å². The van der Waals surface area contributed by atoms with Gasteiger partial charge in [0, 0.05) is 34.6 Å². The van der Waals surface area contributed by atoms with Crippen LogP contribution in [-0.4, -0.2) is 37.1 Å². The standard InChI is InChI=1S/C22H17ClFN5OS/c1-13-19-26-27-20(18-12-31-21(25-18)15-3-2-4-16(23)11-15)29(19)10-9-28(13)22(30)14-5-7-17(24)8-6-14/h2-8,11-13H,9-10H2,1H3/t13-/m1/s1. The number of carbonyl (C=O) groups excluding carboxylic acids is 1. The monoisotopic (exact) mass is 453 g/mol. The van der Waals surface area contributed by atoms with Gasteiger partial charge in [0.1, 0.15) is 16.5 Å². The molecule has 0 fully saturated rings. The van der Waals surface area contributed by atoms with Crippen LogP contribution in [0, 0.1) is 5.82 Å². The minimum absolute atomic E-state index is 0.153. The van der Waals surface area contributed by atoms with Gasteiger partial charge in [-0.1, -0.05) is 23.7 Å². The summed E-state index contributed by atoms with van der Waals surface area (Å²) in [4.78, 5) is 19.4. The lowest BCUT2D eigenvalue weighted by atomic mass is 10.1. The van der Waals surface area contributed by atoms with Crippen LogP contribution in [0.5, 0.6) is 0 Å². The minimum atomic E-state index is -0.368. The maximum Gasteiger partial charge on any atom is 0.254 e. The molecule has 1 amide bonds. The lowest BCUT2D eigenvalue weighted by Gasteiger charge is -2.33. The van der Waals surface area contributed by atoms with Crippen molar-refractivity contribution in [3.8, 4) is 22.1 Å². The zero-order chi connectivity index (χ0) is 21.5. The number of hydrogen-bond acceptors (Lipinski definition) is 5. The molecule has 0 aliphatic carbocycles. The van der Waals surface area contributed by atoms with Crippen molar-refractivity contribution in [3.05, 3.63) is 76.1 Å². The normalized spacial score (nSPS) is 15.7. The van der Waals surface area contributed by atoms with Crippen molar-refractivity contribution < 1.29 is 9.18 Å². The molecule has 3 heterocycles. The fraction of sp³-hybridized carbons (Fsp3) is 0.182. The van der Waals surface area contributed by atoms with E-state index in [0.29, 0.717) is 35.3 Å². The van der Waals surface area contributed by atoms with Crippen molar-refractivity contribution in [2.24, 2.45) is 0 Å². The molecule has 9 heteroatoms. The SMILES string of the molecule is C[C@@H]1c2nnc(-c3csc(-c4cccc(Cl)c4)n3)n2CCN1C(=O)c1ccc(F)cc1. The zero-order valence-corrected chi connectivity index (χ0v) is 18.1. The highest BCUT2D eigenvalue weighted by Crippen LogP contribution is 2.33. The molecule has 31 heavy (non-hydrogen) atoms. The molecule has 0 N–H and O–H groups in total. The predicted molar refractivity (Wildman–Crippen MR) is 117 cm³/mol. The van der Waals surface area contributed by atoms with Gasteiger partial charge in [0.2, 0.25) is 0 Å². The Hall–Kier alpha value is -3.10. The van der Waals surface area contributed by atoms with Crippen LogP contribution in [0.3, 0.4) is 0 Å². The Bertz CT molecular complexity index is 1270. The molecule has 1 aliphatic heterocycles. The van der Waals surface area contributed by atoms with Crippen LogP contribution in [0.2, 0.25) is 5.02 Å². The molecule has 5 rings (SSSR count). The largest absolute Gasteiger partial charge is 0.327 e. The van der Waals surface area contributed by atoms with Crippen molar-refractivity contribution in [2.45, 2.75) is 19.5 Å². The molecule has 4 aromatic rings. The molecule has 156 valence electrons. The average Bonchev–Trinajstić information content (AvgIpc) is 3.42. The topological polar surface area (TPSA) is 63.9 Å². The molecule has 6 nitrogen and oxygen atoms in total. The summed E-state index contributed by atoms with van der Waals surface area (Å²) in [7, 11) is 0. The molecule has 0 unspecified atom stereocenters. The number of nitrogens with zero attached hydrogens (tertiary/aromatic N) is 5. The number of amides is 1. The Labute approximate surface area is 186 Å². The quantitative estimate of drug-likeness (QED) is 0.434. The first-order chi connectivity index (χ1) is 15.0. The summed E-state index contributed by atoms with van der Waals surface area (Å²) in [5, 5.41) is 12.2. The molecular weight excluding hydrogens is 437 g/mol. The number of fused-ring (bicyclic) bond motifs is 1. The van der Waals surface area contributed by atoms with Crippen LogP contribution in [0.15, 0.2) is 53.9 Å². The highest BCUT2D eigenvalue weighted by atomic mass is 35.5. The van der Waals surface area contributed by atoms with E-state index in [1.165, 1.54) is 35.6 Å². The van der Waals surface area contributed by atoms with Gasteiger partial charge >= 0.3 is 0 Å². The number of thiazole rings is 1. The molecule has 2 aromatic heterocycles. The Kier molecular flexibility index (Phi) is 5.03. The van der Waals surface area contributed by atoms with Gasteiger partial charge in [-0.3, -0.25) is 4.79 Å². The average molecular weight is 454 g/mol. The van der Waals surface area contributed by atoms with Crippen LogP contribution in [0.4, 0.5) is 4.39 Å². The second-order valence-corrected chi connectivity index (χ2v) is 8.56. The van der Waals surface area contributed by atoms with E-state index in [1.54, 1.807) is 4.90 Å². The maximum absolute atomic E-state index is 13.2. The first-order valence-corrected chi connectivity index (χ1v) is 11.0. The first-order valence-electron chi connectivity index (χ1n) is 9.73. The van der Waals surface area contributed by atoms with E-state index in [2.05, 4.69) is 10.2 Å². The van der Waals surface area contributed by atoms with Crippen LogP contribution in [0.25, 0.3) is 22.1 Å². The highest BCUT2D eigenvalue weighted by molar-refractivity contribution is 7.13. The number of halogens is 2. The molecule has 1 aliphatic rings. The van der Waals surface area contributed by atoms with E-state index in [0.717, 1.165) is 16.3 Å². The lowest BCUT2D eigenvalue weighted by molar-refractivity contribution is 0.0638. The second-order valence-electron chi connectivity index (χ2n) is 7.26. The summed E-state index contributed by atoms with van der Waals surface area (Å²) >= 11 is 7.62. The third-order valence-corrected chi connectivity index (χ3v) is 6.47. The number of carbonyl (C=O) groups is 1. The molecular formula is C22H17ClFN5OS. The molecule has 0 bridgehead atoms. The van der Waals surface area contributed by atoms with Gasteiger partial charge in [-0.05, 0) is 43.3 Å². The molecule has 0 radical (unpaired) electrons. The van der Waals surface area contributed by atoms with E-state index in [-0.39, 0.29) is 17.8 Å². The van der Waals surface area contributed by atoms with Crippen LogP contribution < -0.4 is 0 Å². The number of aromatic nitrogens is 4. The predicted octanol–water partition coefficient (Wildman–Crippen LogP) is 5.08. The molecule has 0 saturated carbocycles. The van der Waals surface area contributed by atoms with E-state index in [9.17, 15) is 9.18 Å². The van der Waals surface area contributed by atoms with Gasteiger partial charge in [-0.15, -0.1) is 21.5 Å². The van der Waals surface area contributed by atoms with E-state index in [1.807, 2.05) is 41.1 Å². The first kappa shape index (κ1) is 19.8. The number of rotatable bonds is 3. The summed E-state index contributed by atoms with van der Waals surface area (Å²) in [6, 6.07) is 12.9. The molecule has 1 atom stereocenters. The van der Waals surface area contributed by atoms with Gasteiger partial charge < -0.3 is 9.47 Å². The molecule has 0 saturated heterocycles. The van der Waals surface area contributed by atoms with Crippen LogP contribution >= 0.6 is 22.9 Å². The fourth-order valence-corrected chi connectivity index (χ4v) is 4.73. The summed E-state index contributed by atoms with van der Waals surface area (Å²) in [5.41, 5.74) is 2.14. The van der Waals surface area contributed by atoms with Gasteiger partial charge in [0.15, 0.2) is 11.6 Å². The summed E-state index contributed by atoms with van der Waals surface area (Å²) in [5.74, 6) is 0.863. The lowest BCUT2D eigenvalue weighted by Crippen LogP contribution is -2.41. The molecule has 2 aromatic carbocycles. The Morgan fingerprint density at radius 2 is 1.97 bits per heavy atom. The Morgan fingerprint density at radius 1 is 1.16 bits per heavy atom. The Balaban J connectivity index is 1.42. The summed E-state index contributed by atoms with van der Waals surface area (Å²) in [6.07, 6.45) is 0. The van der Waals surface area contributed by atoms with Gasteiger partial charge in [0.05, 0.1) is 6.04 Å². The second kappa shape index (κ2) is 7.86. The number of benzene rings is 2. The van der Waals surface area contributed by atoms with Crippen LogP contribution in [-0.2, 0) is 6.54 Å². The number of hydrogen-bond donors (Lipinski definition) is 0. The molecule has 0 spiro atoms. The smallest absolute Gasteiger partial charge is 0.254 e. The van der Waals surface area contributed by atoms with Gasteiger partial charge in [-0.25, -0.2) is 9.37 Å². The Morgan fingerprint density at radius 3 is 2.74 bits per heavy atom. The van der Waals surface area contributed by atoms with Crippen LogP contribution in [0.1, 0.15) is 29.1 Å². The third kappa shape index (κ3) is 3.62. The minimum Gasteiger partial charge on any atom is -0.327 e. The van der Waals surface area contributed by atoms with E-state index in [4.69, 9.17) is 16.6 Å². The fourth-order valence-electron chi connectivity index (χ4n) is 3.74. The van der Waals surface area contributed by atoms with Gasteiger partial charge in [-0.2, -0.15) is 0 Å². The highest BCUT2D eigenvalue weighted by Gasteiger charge is 2.32. The summed E-state index contributed by atoms with van der Waals surface area (Å²) < 4.78 is 15.2. The van der Waals surface area contributed by atoms with Crippen molar-refractivity contribution in [1.29, 1.82) is 0 Å². The van der Waals surface area contributed by atoms with E-state index < -0.39 is 0 Å². The maximum atomic E-state index is 13.2. The van der Waals surface area contributed by atoms with Crippen molar-refractivity contribution in [3.63, 3.8) is 0 Å². The van der Waals surface area contributed by atoms with Crippen molar-refractivity contribution >= 4 is 28.8 Å². The zero-order valence-electron chi connectivity index (χ0n) is 16.5. The van der Waals surface area contributed by atoms with Crippen molar-refractivity contribution in [1.82, 2.24) is 24.6 Å². The summed E-state index contributed by atoms with van der Waals surface area (Å²) in [6.45, 7) is 2.98. The van der Waals surface area contributed by atoms with Gasteiger partial charge in [0.25, 0.3) is 5.91 Å².